The molecule has 0 unspecified atom stereocenters. The van der Waals surface area contributed by atoms with E-state index in [1.807, 2.05) is 32.0 Å². The maximum absolute atomic E-state index is 10.9. The summed E-state index contributed by atoms with van der Waals surface area (Å²) in [6, 6.07) is 17.6. The SMILES string of the molecule is CC(C)c1onc(-c2c(Cl)cccc2Cl)c1OCc1ccc2c(c1)OC=C(c1ccc([N+](=O)[O-])cc1)C2. The van der Waals surface area contributed by atoms with Crippen LogP contribution in [0.3, 0.4) is 0 Å². The van der Waals surface area contributed by atoms with Crippen LogP contribution in [0.1, 0.15) is 42.2 Å². The molecule has 1 aliphatic heterocycles. The van der Waals surface area contributed by atoms with Crippen LogP contribution in [0.15, 0.2) is 71.4 Å². The molecule has 0 fully saturated rings. The van der Waals surface area contributed by atoms with Crippen molar-refractivity contribution in [3.8, 4) is 22.8 Å². The van der Waals surface area contributed by atoms with Crippen LogP contribution in [0.25, 0.3) is 16.8 Å². The highest BCUT2D eigenvalue weighted by Crippen LogP contribution is 2.43. The summed E-state index contributed by atoms with van der Waals surface area (Å²) in [6.07, 6.45) is 2.33. The lowest BCUT2D eigenvalue weighted by atomic mass is 9.96. The Hall–Kier alpha value is -3.81. The topological polar surface area (TPSA) is 87.6 Å². The number of nitro benzene ring substituents is 1. The van der Waals surface area contributed by atoms with E-state index in [2.05, 4.69) is 5.16 Å². The molecule has 0 radical (unpaired) electrons. The Balaban J connectivity index is 1.36. The van der Waals surface area contributed by atoms with Crippen molar-refractivity contribution in [1.29, 1.82) is 0 Å². The quantitative estimate of drug-likeness (QED) is 0.174. The monoisotopic (exact) mass is 536 g/mol. The van der Waals surface area contributed by atoms with Crippen LogP contribution in [-0.2, 0) is 13.0 Å². The van der Waals surface area contributed by atoms with Gasteiger partial charge in [0.15, 0.2) is 17.2 Å². The number of nitrogens with zero attached hydrogens (tertiary/aromatic N) is 2. The molecule has 7 nitrogen and oxygen atoms in total. The van der Waals surface area contributed by atoms with Crippen molar-refractivity contribution in [2.75, 3.05) is 0 Å². The van der Waals surface area contributed by atoms with E-state index in [-0.39, 0.29) is 18.2 Å². The highest BCUT2D eigenvalue weighted by Gasteiger charge is 2.25. The van der Waals surface area contributed by atoms with Crippen LogP contribution in [0.4, 0.5) is 5.69 Å². The smallest absolute Gasteiger partial charge is 0.269 e. The normalized spacial score (nSPS) is 12.6. The number of rotatable bonds is 7. The first kappa shape index (κ1) is 24.9. The van der Waals surface area contributed by atoms with Crippen LogP contribution >= 0.6 is 23.2 Å². The van der Waals surface area contributed by atoms with Gasteiger partial charge in [0.25, 0.3) is 5.69 Å². The second kappa shape index (κ2) is 10.3. The molecule has 0 atom stereocenters. The van der Waals surface area contributed by atoms with E-state index in [0.717, 1.165) is 28.0 Å². The zero-order chi connectivity index (χ0) is 26.1. The molecule has 0 saturated carbocycles. The Bertz CT molecular complexity index is 1490. The zero-order valence-corrected chi connectivity index (χ0v) is 21.5. The summed E-state index contributed by atoms with van der Waals surface area (Å²) in [4.78, 5) is 10.5. The first-order chi connectivity index (χ1) is 17.8. The van der Waals surface area contributed by atoms with Crippen LogP contribution in [0.5, 0.6) is 11.5 Å². The fraction of sp³-hybridized carbons (Fsp3) is 0.179. The van der Waals surface area contributed by atoms with Crippen molar-refractivity contribution < 1.29 is 18.9 Å². The van der Waals surface area contributed by atoms with E-state index < -0.39 is 4.92 Å². The maximum Gasteiger partial charge on any atom is 0.269 e. The van der Waals surface area contributed by atoms with Crippen molar-refractivity contribution in [3.05, 3.63) is 110 Å². The Morgan fingerprint density at radius 2 is 1.81 bits per heavy atom. The molecule has 1 aliphatic rings. The van der Waals surface area contributed by atoms with Gasteiger partial charge in [-0.2, -0.15) is 0 Å². The van der Waals surface area contributed by atoms with Gasteiger partial charge in [-0.15, -0.1) is 0 Å². The van der Waals surface area contributed by atoms with Gasteiger partial charge in [0, 0.05) is 30.0 Å². The molecule has 5 rings (SSSR count). The summed E-state index contributed by atoms with van der Waals surface area (Å²) >= 11 is 12.9. The number of hydrogen-bond donors (Lipinski definition) is 0. The molecule has 4 aromatic rings. The predicted molar refractivity (Wildman–Crippen MR) is 142 cm³/mol. The molecule has 3 aromatic carbocycles. The molecule has 1 aromatic heterocycles. The average Bonchev–Trinajstić information content (AvgIpc) is 3.31. The minimum atomic E-state index is -0.413. The zero-order valence-electron chi connectivity index (χ0n) is 20.0. The van der Waals surface area contributed by atoms with Gasteiger partial charge in [0.2, 0.25) is 0 Å². The van der Waals surface area contributed by atoms with Gasteiger partial charge in [-0.1, -0.05) is 60.4 Å². The summed E-state index contributed by atoms with van der Waals surface area (Å²) in [5.74, 6) is 1.88. The molecule has 0 amide bonds. The number of non-ortho nitro benzene ring substituents is 1. The van der Waals surface area contributed by atoms with E-state index in [1.54, 1.807) is 36.6 Å². The highest BCUT2D eigenvalue weighted by atomic mass is 35.5. The third kappa shape index (κ3) is 5.05. The minimum Gasteiger partial charge on any atom is -0.483 e. The Morgan fingerprint density at radius 1 is 1.08 bits per heavy atom. The van der Waals surface area contributed by atoms with Gasteiger partial charge in [0.1, 0.15) is 12.4 Å². The van der Waals surface area contributed by atoms with Crippen LogP contribution in [0.2, 0.25) is 10.0 Å². The fourth-order valence-corrected chi connectivity index (χ4v) is 4.71. The van der Waals surface area contributed by atoms with Crippen molar-refractivity contribution >= 4 is 34.5 Å². The third-order valence-electron chi connectivity index (χ3n) is 6.07. The second-order valence-corrected chi connectivity index (χ2v) is 9.76. The molecular weight excluding hydrogens is 515 g/mol. The third-order valence-corrected chi connectivity index (χ3v) is 6.70. The van der Waals surface area contributed by atoms with E-state index in [9.17, 15) is 10.1 Å². The van der Waals surface area contributed by atoms with E-state index in [4.69, 9.17) is 37.2 Å². The number of ether oxygens (including phenoxy) is 2. The Morgan fingerprint density at radius 3 is 2.49 bits per heavy atom. The van der Waals surface area contributed by atoms with E-state index in [0.29, 0.717) is 39.2 Å². The van der Waals surface area contributed by atoms with Gasteiger partial charge in [-0.25, -0.2) is 0 Å². The molecule has 0 bridgehead atoms. The van der Waals surface area contributed by atoms with E-state index in [1.165, 1.54) is 12.1 Å². The van der Waals surface area contributed by atoms with Gasteiger partial charge in [-0.3, -0.25) is 10.1 Å². The predicted octanol–water partition coefficient (Wildman–Crippen LogP) is 8.24. The number of hydrogen-bond acceptors (Lipinski definition) is 6. The molecule has 2 heterocycles. The standard InChI is InChI=1S/C28H22Cl2N2O5/c1-16(2)27-28(26(31-37-27)25-22(29)4-3-5-23(25)30)36-14-17-6-7-19-13-20(15-35-24(19)12-17)18-8-10-21(11-9-18)32(33)34/h3-12,15-16H,13-14H2,1-2H3. The van der Waals surface area contributed by atoms with E-state index >= 15 is 0 Å². The fourth-order valence-electron chi connectivity index (χ4n) is 4.13. The minimum absolute atomic E-state index is 0.0346. The summed E-state index contributed by atoms with van der Waals surface area (Å²) < 4.78 is 17.8. The molecule has 9 heteroatoms. The molecule has 0 saturated heterocycles. The van der Waals surface area contributed by atoms with Crippen molar-refractivity contribution in [1.82, 2.24) is 5.16 Å². The lowest BCUT2D eigenvalue weighted by Crippen LogP contribution is -2.05. The first-order valence-corrected chi connectivity index (χ1v) is 12.4. The lowest BCUT2D eigenvalue weighted by Gasteiger charge is -2.19. The molecule has 188 valence electrons. The number of halogens is 2. The molecule has 0 N–H and O–H groups in total. The first-order valence-electron chi connectivity index (χ1n) is 11.6. The molecular formula is C28H22Cl2N2O5. The van der Waals surface area contributed by atoms with Gasteiger partial charge < -0.3 is 14.0 Å². The Labute approximate surface area is 223 Å². The lowest BCUT2D eigenvalue weighted by molar-refractivity contribution is -0.384. The van der Waals surface area contributed by atoms with Crippen LogP contribution in [0, 0.1) is 10.1 Å². The van der Waals surface area contributed by atoms with Crippen molar-refractivity contribution in [2.24, 2.45) is 0 Å². The summed E-state index contributed by atoms with van der Waals surface area (Å²) in [5, 5.41) is 16.1. The summed E-state index contributed by atoms with van der Waals surface area (Å²) in [6.45, 7) is 4.24. The number of allylic oxidation sites excluding steroid dienone is 1. The molecule has 0 spiro atoms. The Kier molecular flexibility index (Phi) is 6.91. The van der Waals surface area contributed by atoms with Gasteiger partial charge >= 0.3 is 0 Å². The van der Waals surface area contributed by atoms with Crippen molar-refractivity contribution in [3.63, 3.8) is 0 Å². The number of aromatic nitrogens is 1. The second-order valence-electron chi connectivity index (χ2n) is 8.95. The number of nitro groups is 1. The molecule has 0 aliphatic carbocycles. The maximum atomic E-state index is 10.9. The summed E-state index contributed by atoms with van der Waals surface area (Å²) in [7, 11) is 0. The average molecular weight is 537 g/mol. The van der Waals surface area contributed by atoms with Gasteiger partial charge in [-0.05, 0) is 52.6 Å². The number of benzene rings is 3. The van der Waals surface area contributed by atoms with Gasteiger partial charge in [0.05, 0.1) is 21.2 Å². The number of fused-ring (bicyclic) bond motifs is 1. The van der Waals surface area contributed by atoms with Crippen LogP contribution in [-0.4, -0.2) is 10.1 Å². The van der Waals surface area contributed by atoms with Crippen molar-refractivity contribution in [2.45, 2.75) is 32.8 Å². The summed E-state index contributed by atoms with van der Waals surface area (Å²) in [5.41, 5.74) is 4.81. The molecule has 37 heavy (non-hydrogen) atoms. The van der Waals surface area contributed by atoms with Crippen LogP contribution < -0.4 is 9.47 Å². The largest absolute Gasteiger partial charge is 0.483 e. The highest BCUT2D eigenvalue weighted by molar-refractivity contribution is 6.39.